The fraction of sp³-hybridized carbons (Fsp3) is 0.750. The van der Waals surface area contributed by atoms with Gasteiger partial charge in [0.25, 0.3) is 0 Å². The molecule has 11 nitrogen and oxygen atoms in total. The van der Waals surface area contributed by atoms with Crippen LogP contribution in [0.3, 0.4) is 0 Å². The van der Waals surface area contributed by atoms with Crippen LogP contribution in [0, 0.1) is 0 Å². The Morgan fingerprint density at radius 3 is 1.91 bits per heavy atom. The molecule has 0 bridgehead atoms. The van der Waals surface area contributed by atoms with Crippen LogP contribution in [0.25, 0.3) is 0 Å². The molecule has 180 valence electrons. The van der Waals surface area contributed by atoms with Crippen molar-refractivity contribution in [3.05, 3.63) is 23.9 Å². The molecule has 32 heavy (non-hydrogen) atoms. The van der Waals surface area contributed by atoms with Crippen molar-refractivity contribution in [1.82, 2.24) is 19.7 Å². The van der Waals surface area contributed by atoms with E-state index >= 15 is 0 Å². The van der Waals surface area contributed by atoms with Crippen molar-refractivity contribution in [3.63, 3.8) is 0 Å². The van der Waals surface area contributed by atoms with E-state index in [4.69, 9.17) is 0 Å². The molecule has 1 aromatic rings. The molecule has 1 saturated heterocycles. The minimum Gasteiger partial charge on any atom is -0.853 e. The van der Waals surface area contributed by atoms with Gasteiger partial charge < -0.3 is 35.7 Å². The summed E-state index contributed by atoms with van der Waals surface area (Å²) in [6, 6.07) is 2.03. The van der Waals surface area contributed by atoms with Gasteiger partial charge in [0.2, 0.25) is 5.88 Å². The number of hydrogen-bond donors (Lipinski definition) is 6. The van der Waals surface area contributed by atoms with Gasteiger partial charge in [-0.1, -0.05) is 6.07 Å². The molecule has 12 heteroatoms. The maximum absolute atomic E-state index is 11.8. The van der Waals surface area contributed by atoms with Gasteiger partial charge in [0.15, 0.2) is 0 Å². The van der Waals surface area contributed by atoms with E-state index in [1.54, 1.807) is 12.1 Å². The second-order valence-electron chi connectivity index (χ2n) is 7.82. The normalized spacial score (nSPS) is 20.9. The molecule has 1 fully saturated rings. The Hall–Kier alpha value is -0.891. The Morgan fingerprint density at radius 1 is 0.875 bits per heavy atom. The van der Waals surface area contributed by atoms with Gasteiger partial charge in [0, 0.05) is 63.6 Å². The van der Waals surface area contributed by atoms with Crippen molar-refractivity contribution >= 4 is 0 Å². The number of aliphatic hydroxyl groups excluding tert-OH is 5. The van der Waals surface area contributed by atoms with Crippen LogP contribution in [-0.2, 0) is 23.6 Å². The van der Waals surface area contributed by atoms with Crippen LogP contribution in [0.4, 0.5) is 0 Å². The summed E-state index contributed by atoms with van der Waals surface area (Å²) in [7, 11) is 0. The van der Waals surface area contributed by atoms with Crippen LogP contribution >= 0.6 is 0 Å². The van der Waals surface area contributed by atoms with Gasteiger partial charge in [-0.05, 0) is 6.07 Å². The van der Waals surface area contributed by atoms with Crippen LogP contribution in [0.5, 0.6) is 5.88 Å². The molecule has 1 aliphatic rings. The van der Waals surface area contributed by atoms with Crippen LogP contribution in [-0.4, -0.2) is 140 Å². The summed E-state index contributed by atoms with van der Waals surface area (Å²) in [5.74, 6) is -0.0619. The Morgan fingerprint density at radius 2 is 1.41 bits per heavy atom. The van der Waals surface area contributed by atoms with E-state index in [9.17, 15) is 35.7 Å². The zero-order valence-corrected chi connectivity index (χ0v) is 19.2. The summed E-state index contributed by atoms with van der Waals surface area (Å²) in [5, 5.41) is 70.6. The van der Waals surface area contributed by atoms with Gasteiger partial charge >= 0.3 is 17.1 Å². The van der Waals surface area contributed by atoms with Crippen LogP contribution in [0.1, 0.15) is 5.56 Å². The molecule has 1 aromatic heterocycles. The molecule has 0 spiro atoms. The Balaban J connectivity index is 0.00000512. The first kappa shape index (κ1) is 29.1. The van der Waals surface area contributed by atoms with Crippen LogP contribution < -0.4 is 5.11 Å². The smallest absolute Gasteiger partial charge is 0.853 e. The molecule has 0 aromatic carbocycles. The fourth-order valence-corrected chi connectivity index (χ4v) is 3.93. The van der Waals surface area contributed by atoms with Crippen LogP contribution in [0.15, 0.2) is 18.3 Å². The minimum absolute atomic E-state index is 0. The van der Waals surface area contributed by atoms with E-state index in [1.807, 2.05) is 9.80 Å². The SMILES string of the molecule is [Fe+6].[O-]C[C@H]([C@H](O)CO)N1CCN(Cc2cccnc2O)CCN([C@H](CO)[C@H](O)CO)CC1. The summed E-state index contributed by atoms with van der Waals surface area (Å²) in [6.07, 6.45) is -0.814. The topological polar surface area (TPSA) is 167 Å². The van der Waals surface area contributed by atoms with Gasteiger partial charge in [-0.15, -0.1) is 6.61 Å². The van der Waals surface area contributed by atoms with Crippen molar-refractivity contribution in [2.24, 2.45) is 0 Å². The summed E-state index contributed by atoms with van der Waals surface area (Å²) in [4.78, 5) is 9.61. The predicted molar refractivity (Wildman–Crippen MR) is 110 cm³/mol. The fourth-order valence-electron chi connectivity index (χ4n) is 3.93. The first-order valence-corrected chi connectivity index (χ1v) is 10.5. The van der Waals surface area contributed by atoms with Gasteiger partial charge in [-0.3, -0.25) is 14.7 Å². The summed E-state index contributed by atoms with van der Waals surface area (Å²) >= 11 is 0. The Labute approximate surface area is 199 Å². The number of aromatic hydroxyl groups is 1. The van der Waals surface area contributed by atoms with Crippen molar-refractivity contribution in [1.29, 1.82) is 0 Å². The molecule has 2 heterocycles. The Bertz CT molecular complexity index is 618. The zero-order chi connectivity index (χ0) is 22.8. The number of pyridine rings is 1. The largest absolute Gasteiger partial charge is 6.00 e. The van der Waals surface area contributed by atoms with E-state index in [0.29, 0.717) is 51.4 Å². The molecule has 0 radical (unpaired) electrons. The summed E-state index contributed by atoms with van der Waals surface area (Å²) in [6.45, 7) is 1.21. The molecule has 0 saturated carbocycles. The number of aromatic nitrogens is 1. The van der Waals surface area contributed by atoms with E-state index in [1.165, 1.54) is 6.20 Å². The molecule has 6 N–H and O–H groups in total. The number of aliphatic hydroxyl groups is 5. The van der Waals surface area contributed by atoms with Gasteiger partial charge in [0.1, 0.15) is 0 Å². The molecular weight excluding hydrogens is 464 g/mol. The van der Waals surface area contributed by atoms with Gasteiger partial charge in [0.05, 0.1) is 38.1 Å². The molecular formula is C20H35FeN4O7+5. The second-order valence-corrected chi connectivity index (χ2v) is 7.82. The first-order valence-electron chi connectivity index (χ1n) is 10.5. The number of hydrogen-bond acceptors (Lipinski definition) is 11. The average Bonchev–Trinajstić information content (AvgIpc) is 2.88. The summed E-state index contributed by atoms with van der Waals surface area (Å²) in [5.41, 5.74) is 0.643. The third-order valence-electron chi connectivity index (χ3n) is 5.90. The molecule has 0 amide bonds. The third kappa shape index (κ3) is 8.15. The molecule has 1 aliphatic heterocycles. The molecule has 4 atom stereocenters. The maximum atomic E-state index is 11.8. The zero-order valence-electron chi connectivity index (χ0n) is 18.1. The number of rotatable bonds is 10. The summed E-state index contributed by atoms with van der Waals surface area (Å²) < 4.78 is 0. The predicted octanol–water partition coefficient (Wildman–Crippen LogP) is -4.00. The molecule has 0 aliphatic carbocycles. The maximum Gasteiger partial charge on any atom is 6.00 e. The first-order chi connectivity index (χ1) is 14.9. The van der Waals surface area contributed by atoms with Gasteiger partial charge in [-0.2, -0.15) is 0 Å². The van der Waals surface area contributed by atoms with Crippen molar-refractivity contribution in [2.75, 3.05) is 65.7 Å². The number of nitrogens with zero attached hydrogens (tertiary/aromatic N) is 4. The van der Waals surface area contributed by atoms with E-state index < -0.39 is 44.1 Å². The van der Waals surface area contributed by atoms with E-state index in [0.717, 1.165) is 0 Å². The van der Waals surface area contributed by atoms with Crippen LogP contribution in [0.2, 0.25) is 0 Å². The van der Waals surface area contributed by atoms with E-state index in [-0.39, 0.29) is 29.6 Å². The monoisotopic (exact) mass is 499 g/mol. The van der Waals surface area contributed by atoms with Gasteiger partial charge in [-0.25, -0.2) is 4.98 Å². The van der Waals surface area contributed by atoms with Crippen molar-refractivity contribution < 1.29 is 52.8 Å². The van der Waals surface area contributed by atoms with Crippen molar-refractivity contribution in [2.45, 2.75) is 30.8 Å². The van der Waals surface area contributed by atoms with Crippen molar-refractivity contribution in [3.8, 4) is 5.88 Å². The third-order valence-corrected chi connectivity index (χ3v) is 5.90. The average molecular weight is 499 g/mol. The minimum atomic E-state index is -1.18. The molecule has 2 rings (SSSR count). The molecule has 0 unspecified atom stereocenters. The van der Waals surface area contributed by atoms with E-state index in [2.05, 4.69) is 9.88 Å². The standard InChI is InChI=1S/C20H35N4O7.Fe/c25-11-16(18(29)13-27)23-6-4-22(10-15-2-1-3-21-20(15)31)5-7-24(9-8-23)17(12-26)19(30)14-28;/h1-3,16-19,25,27-30H,4-14H2,(H,21,31);/q-1;+6/t16-,17-,18-,19-;/m1./s1. The Kier molecular flexibility index (Phi) is 13.7. The second kappa shape index (κ2) is 15.1. The quantitative estimate of drug-likeness (QED) is 0.174.